The first-order valence-corrected chi connectivity index (χ1v) is 25.8. The van der Waals surface area contributed by atoms with E-state index >= 15 is 0 Å². The summed E-state index contributed by atoms with van der Waals surface area (Å²) in [5.41, 5.74) is 0. The molecule has 0 aliphatic rings. The van der Waals surface area contributed by atoms with E-state index in [-0.39, 0.29) is 18.5 Å². The molecule has 0 rings (SSSR count). The van der Waals surface area contributed by atoms with E-state index in [9.17, 15) is 19.8 Å². The lowest BCUT2D eigenvalue weighted by Gasteiger charge is -2.22. The fourth-order valence-corrected chi connectivity index (χ4v) is 8.17. The second kappa shape index (κ2) is 47.5. The van der Waals surface area contributed by atoms with Crippen LogP contribution in [0.2, 0.25) is 0 Å². The van der Waals surface area contributed by atoms with E-state index in [4.69, 9.17) is 4.74 Å². The summed E-state index contributed by atoms with van der Waals surface area (Å²) < 4.78 is 5.44. The molecule has 0 saturated heterocycles. The molecule has 0 fully saturated rings. The number of hydrogen-bond acceptors (Lipinski definition) is 5. The molecule has 0 aliphatic heterocycles. The molecule has 0 spiro atoms. The number of aliphatic hydroxyl groups is 2. The second-order valence-corrected chi connectivity index (χ2v) is 17.9. The van der Waals surface area contributed by atoms with Gasteiger partial charge in [0, 0.05) is 12.8 Å². The Morgan fingerprint density at radius 2 is 0.719 bits per heavy atom. The fourth-order valence-electron chi connectivity index (χ4n) is 8.17. The third-order valence-electron chi connectivity index (χ3n) is 12.2. The smallest absolute Gasteiger partial charge is 0.305 e. The van der Waals surface area contributed by atoms with Gasteiger partial charge in [-0.3, -0.25) is 9.59 Å². The minimum Gasteiger partial charge on any atom is -0.466 e. The van der Waals surface area contributed by atoms with E-state index in [1.165, 1.54) is 199 Å². The highest BCUT2D eigenvalue weighted by molar-refractivity contribution is 5.76. The first kappa shape index (κ1) is 55.9. The summed E-state index contributed by atoms with van der Waals surface area (Å²) in [6.45, 7) is 4.91. The third kappa shape index (κ3) is 44.2. The van der Waals surface area contributed by atoms with E-state index < -0.39 is 12.1 Å². The van der Waals surface area contributed by atoms with Gasteiger partial charge in [-0.05, 0) is 25.7 Å². The van der Waals surface area contributed by atoms with Gasteiger partial charge in [-0.2, -0.15) is 0 Å². The minimum atomic E-state index is -0.677. The number of aliphatic hydroxyl groups excluding tert-OH is 2. The Kier molecular flexibility index (Phi) is 46.6. The van der Waals surface area contributed by atoms with E-state index in [1.807, 2.05) is 0 Å². The molecule has 0 heterocycles. The van der Waals surface area contributed by atoms with Gasteiger partial charge >= 0.3 is 5.97 Å². The molecule has 6 nitrogen and oxygen atoms in total. The maximum absolute atomic E-state index is 12.5. The average molecular weight is 808 g/mol. The summed E-state index contributed by atoms with van der Waals surface area (Å²) in [7, 11) is 0. The predicted octanol–water partition coefficient (Wildman–Crippen LogP) is 15.2. The van der Waals surface area contributed by atoms with Crippen LogP contribution in [0.25, 0.3) is 0 Å². The number of carbonyl (C=O) groups excluding carboxylic acids is 2. The van der Waals surface area contributed by atoms with Crippen molar-refractivity contribution in [3.63, 3.8) is 0 Å². The molecule has 0 aromatic carbocycles. The van der Waals surface area contributed by atoms with Gasteiger partial charge in [0.15, 0.2) is 0 Å². The number of esters is 1. The van der Waals surface area contributed by atoms with Crippen molar-refractivity contribution in [2.24, 2.45) is 0 Å². The Bertz CT molecular complexity index is 806. The molecule has 0 aliphatic carbocycles. The molecule has 6 heteroatoms. The molecule has 2 unspecified atom stereocenters. The highest BCUT2D eigenvalue weighted by atomic mass is 16.5. The second-order valence-electron chi connectivity index (χ2n) is 17.9. The average Bonchev–Trinajstić information content (AvgIpc) is 3.21. The van der Waals surface area contributed by atoms with Crippen LogP contribution in [-0.2, 0) is 14.3 Å². The molecule has 57 heavy (non-hydrogen) atoms. The molecule has 0 bridgehead atoms. The van der Waals surface area contributed by atoms with Crippen molar-refractivity contribution in [2.45, 2.75) is 302 Å². The van der Waals surface area contributed by atoms with Crippen molar-refractivity contribution in [3.8, 4) is 0 Å². The van der Waals surface area contributed by atoms with Crippen LogP contribution in [-0.4, -0.2) is 47.4 Å². The van der Waals surface area contributed by atoms with Crippen molar-refractivity contribution >= 4 is 11.9 Å². The highest BCUT2D eigenvalue weighted by Gasteiger charge is 2.20. The van der Waals surface area contributed by atoms with Gasteiger partial charge in [-0.1, -0.05) is 251 Å². The monoisotopic (exact) mass is 808 g/mol. The van der Waals surface area contributed by atoms with Crippen molar-refractivity contribution in [1.82, 2.24) is 5.32 Å². The summed E-state index contributed by atoms with van der Waals surface area (Å²) in [5.74, 6) is -0.0728. The first-order valence-electron chi connectivity index (χ1n) is 25.8. The number of nitrogens with one attached hydrogen (secondary N) is 1. The van der Waals surface area contributed by atoms with Gasteiger partial charge in [0.2, 0.25) is 5.91 Å². The largest absolute Gasteiger partial charge is 0.466 e. The van der Waals surface area contributed by atoms with Crippen LogP contribution in [0, 0.1) is 0 Å². The molecule has 0 radical (unpaired) electrons. The van der Waals surface area contributed by atoms with E-state index in [0.29, 0.717) is 25.9 Å². The van der Waals surface area contributed by atoms with Crippen LogP contribution in [0.15, 0.2) is 0 Å². The van der Waals surface area contributed by atoms with E-state index in [0.717, 1.165) is 57.8 Å². The third-order valence-corrected chi connectivity index (χ3v) is 12.2. The quantitative estimate of drug-likeness (QED) is 0.0420. The lowest BCUT2D eigenvalue weighted by atomic mass is 10.0. The normalized spacial score (nSPS) is 12.6. The molecule has 0 saturated carbocycles. The van der Waals surface area contributed by atoms with Crippen molar-refractivity contribution < 1.29 is 24.5 Å². The Balaban J connectivity index is 3.47. The van der Waals surface area contributed by atoms with Crippen molar-refractivity contribution in [1.29, 1.82) is 0 Å². The van der Waals surface area contributed by atoms with Crippen LogP contribution in [0.3, 0.4) is 0 Å². The van der Waals surface area contributed by atoms with Gasteiger partial charge < -0.3 is 20.3 Å². The highest BCUT2D eigenvalue weighted by Crippen LogP contribution is 2.17. The summed E-state index contributed by atoms with van der Waals surface area (Å²) in [6.07, 6.45) is 52.1. The van der Waals surface area contributed by atoms with Gasteiger partial charge in [0.1, 0.15) is 0 Å². The summed E-state index contributed by atoms with van der Waals surface area (Å²) in [5, 5.41) is 23.3. The van der Waals surface area contributed by atoms with Crippen molar-refractivity contribution in [2.75, 3.05) is 13.2 Å². The van der Waals surface area contributed by atoms with Crippen LogP contribution in [0.5, 0.6) is 0 Å². The summed E-state index contributed by atoms with van der Waals surface area (Å²) in [6, 6.07) is -0.556. The standard InChI is InChI=1S/C51H101NO5/c1-3-5-7-9-11-13-15-16-17-18-19-20-21-22-24-27-31-35-39-43-49(54)48(47-53)52-50(55)44-40-36-32-28-25-26-30-34-38-42-46-57-51(56)45-41-37-33-29-23-14-12-10-8-6-4-2/h48-49,53-54H,3-47H2,1-2H3,(H,52,55). The fraction of sp³-hybridized carbons (Fsp3) is 0.961. The molecular weight excluding hydrogens is 707 g/mol. The lowest BCUT2D eigenvalue weighted by Crippen LogP contribution is -2.45. The van der Waals surface area contributed by atoms with Crippen LogP contribution in [0.1, 0.15) is 290 Å². The Labute approximate surface area is 356 Å². The molecule has 3 N–H and O–H groups in total. The number of amides is 1. The summed E-state index contributed by atoms with van der Waals surface area (Å²) >= 11 is 0. The zero-order valence-corrected chi connectivity index (χ0v) is 38.6. The number of ether oxygens (including phenoxy) is 1. The predicted molar refractivity (Wildman–Crippen MR) is 246 cm³/mol. The first-order chi connectivity index (χ1) is 28.0. The Morgan fingerprint density at radius 1 is 0.421 bits per heavy atom. The molecule has 0 aromatic rings. The molecule has 340 valence electrons. The maximum Gasteiger partial charge on any atom is 0.305 e. The molecular formula is C51H101NO5. The van der Waals surface area contributed by atoms with Crippen molar-refractivity contribution in [3.05, 3.63) is 0 Å². The van der Waals surface area contributed by atoms with Crippen LogP contribution in [0.4, 0.5) is 0 Å². The number of hydrogen-bond donors (Lipinski definition) is 3. The Morgan fingerprint density at radius 3 is 1.07 bits per heavy atom. The number of rotatable bonds is 48. The SMILES string of the molecule is CCCCCCCCCCCCCCCCCCCCCC(O)C(CO)NC(=O)CCCCCCCCCCCCOC(=O)CCCCCCCCCCCCC. The maximum atomic E-state index is 12.5. The van der Waals surface area contributed by atoms with Crippen LogP contribution >= 0.6 is 0 Å². The van der Waals surface area contributed by atoms with Gasteiger partial charge in [-0.25, -0.2) is 0 Å². The number of carbonyl (C=O) groups is 2. The number of unbranched alkanes of at least 4 members (excludes halogenated alkanes) is 37. The zero-order valence-electron chi connectivity index (χ0n) is 38.6. The molecule has 2 atom stereocenters. The lowest BCUT2D eigenvalue weighted by molar-refractivity contribution is -0.143. The molecule has 1 amide bonds. The molecule has 0 aromatic heterocycles. The zero-order chi connectivity index (χ0) is 41.5. The van der Waals surface area contributed by atoms with Gasteiger partial charge in [-0.15, -0.1) is 0 Å². The van der Waals surface area contributed by atoms with E-state index in [2.05, 4.69) is 19.2 Å². The topological polar surface area (TPSA) is 95.9 Å². The summed E-state index contributed by atoms with van der Waals surface area (Å²) in [4.78, 5) is 24.4. The minimum absolute atomic E-state index is 0.0182. The van der Waals surface area contributed by atoms with Crippen LogP contribution < -0.4 is 5.32 Å². The van der Waals surface area contributed by atoms with Gasteiger partial charge in [0.05, 0.1) is 25.4 Å². The van der Waals surface area contributed by atoms with Gasteiger partial charge in [0.25, 0.3) is 0 Å². The Hall–Kier alpha value is -1.14. The van der Waals surface area contributed by atoms with E-state index in [1.54, 1.807) is 0 Å².